The molecule has 2 amide bonds. The summed E-state index contributed by atoms with van der Waals surface area (Å²) in [4.78, 5) is 29.2. The molecule has 6 heteroatoms. The van der Waals surface area contributed by atoms with Gasteiger partial charge in [0.1, 0.15) is 0 Å². The molecule has 0 fully saturated rings. The maximum atomic E-state index is 13.1. The molecule has 0 saturated heterocycles. The quantitative estimate of drug-likeness (QED) is 0.456. The summed E-state index contributed by atoms with van der Waals surface area (Å²) in [5.74, 6) is -0.169. The number of nitrogens with zero attached hydrogens (tertiary/aromatic N) is 2. The van der Waals surface area contributed by atoms with E-state index in [0.29, 0.717) is 34.1 Å². The van der Waals surface area contributed by atoms with Gasteiger partial charge in [0.15, 0.2) is 0 Å². The van der Waals surface area contributed by atoms with E-state index in [4.69, 9.17) is 11.6 Å². The number of alkyl halides is 1. The number of carbonyl (C=O) groups is 2. The number of anilines is 3. The van der Waals surface area contributed by atoms with Gasteiger partial charge in [0, 0.05) is 23.8 Å². The molecule has 4 nitrogen and oxygen atoms in total. The van der Waals surface area contributed by atoms with E-state index in [1.807, 2.05) is 18.2 Å². The Kier molecular flexibility index (Phi) is 5.99. The highest BCUT2D eigenvalue weighted by Gasteiger charge is 2.31. The van der Waals surface area contributed by atoms with Crippen LogP contribution in [0.5, 0.6) is 0 Å². The minimum absolute atomic E-state index is 0.0151. The molecule has 0 N–H and O–H groups in total. The zero-order chi connectivity index (χ0) is 18.7. The monoisotopic (exact) mass is 434 g/mol. The Morgan fingerprint density at radius 2 is 1.81 bits per heavy atom. The molecule has 3 rings (SSSR count). The first kappa shape index (κ1) is 18.9. The summed E-state index contributed by atoms with van der Waals surface area (Å²) >= 11 is 9.57. The molecular formula is C20H20BrClN2O2. The molecule has 0 aliphatic carbocycles. The summed E-state index contributed by atoms with van der Waals surface area (Å²) < 4.78 is 0. The number of carbonyl (C=O) groups excluding carboxylic acids is 2. The first-order valence-electron chi connectivity index (χ1n) is 8.60. The van der Waals surface area contributed by atoms with Gasteiger partial charge in [0.2, 0.25) is 5.91 Å². The molecule has 2 aromatic carbocycles. The molecule has 0 spiro atoms. The van der Waals surface area contributed by atoms with Crippen LogP contribution in [0.1, 0.15) is 36.0 Å². The van der Waals surface area contributed by atoms with Crippen LogP contribution in [0.15, 0.2) is 42.5 Å². The number of hydrogen-bond acceptors (Lipinski definition) is 2. The smallest absolute Gasteiger partial charge is 0.260 e. The average Bonchev–Trinajstić information content (AvgIpc) is 2.73. The average molecular weight is 436 g/mol. The fourth-order valence-electron chi connectivity index (χ4n) is 3.15. The lowest BCUT2D eigenvalue weighted by atomic mass is 10.1. The van der Waals surface area contributed by atoms with Gasteiger partial charge < -0.3 is 4.90 Å². The van der Waals surface area contributed by atoms with Crippen LogP contribution in [0.3, 0.4) is 0 Å². The van der Waals surface area contributed by atoms with Crippen molar-refractivity contribution in [2.45, 2.75) is 25.7 Å². The minimum atomic E-state index is -0.154. The topological polar surface area (TPSA) is 40.6 Å². The maximum absolute atomic E-state index is 13.1. The normalized spacial score (nSPS) is 13.3. The molecule has 136 valence electrons. The second-order valence-electron chi connectivity index (χ2n) is 6.24. The van der Waals surface area contributed by atoms with E-state index in [1.165, 1.54) is 0 Å². The highest BCUT2D eigenvalue weighted by atomic mass is 79.9. The number of rotatable bonds is 5. The summed E-state index contributed by atoms with van der Waals surface area (Å²) in [6, 6.07) is 12.5. The van der Waals surface area contributed by atoms with Gasteiger partial charge in [-0.3, -0.25) is 14.5 Å². The number of amides is 2. The maximum Gasteiger partial charge on any atom is 0.260 e. The lowest BCUT2D eigenvalue weighted by Crippen LogP contribution is -2.26. The highest BCUT2D eigenvalue weighted by Crippen LogP contribution is 2.41. The van der Waals surface area contributed by atoms with E-state index in [2.05, 4.69) is 15.9 Å². The Morgan fingerprint density at radius 1 is 1.04 bits per heavy atom. The van der Waals surface area contributed by atoms with Gasteiger partial charge >= 0.3 is 0 Å². The van der Waals surface area contributed by atoms with Gasteiger partial charge in [-0.2, -0.15) is 0 Å². The largest absolute Gasteiger partial charge is 0.309 e. The second kappa shape index (κ2) is 8.23. The predicted octanol–water partition coefficient (Wildman–Crippen LogP) is 5.55. The number of fused-ring (bicyclic) bond motifs is 2. The fourth-order valence-corrected chi connectivity index (χ4v) is 3.71. The van der Waals surface area contributed by atoms with E-state index in [0.717, 1.165) is 24.6 Å². The summed E-state index contributed by atoms with van der Waals surface area (Å²) in [6.07, 6.45) is 3.27. The Balaban J connectivity index is 2.07. The molecule has 1 aliphatic rings. The Labute approximate surface area is 166 Å². The third kappa shape index (κ3) is 3.64. The van der Waals surface area contributed by atoms with Gasteiger partial charge in [0.05, 0.1) is 22.6 Å². The Bertz CT molecular complexity index is 840. The first-order chi connectivity index (χ1) is 12.5. The van der Waals surface area contributed by atoms with Gasteiger partial charge in [-0.15, -0.1) is 0 Å². The van der Waals surface area contributed by atoms with Gasteiger partial charge in [-0.25, -0.2) is 0 Å². The molecule has 0 radical (unpaired) electrons. The molecule has 26 heavy (non-hydrogen) atoms. The summed E-state index contributed by atoms with van der Waals surface area (Å²) in [7, 11) is 1.71. The highest BCUT2D eigenvalue weighted by molar-refractivity contribution is 9.09. The zero-order valence-corrected chi connectivity index (χ0v) is 16.9. The molecular weight excluding hydrogens is 416 g/mol. The van der Waals surface area contributed by atoms with Crippen molar-refractivity contribution in [3.63, 3.8) is 0 Å². The third-order valence-corrected chi connectivity index (χ3v) is 5.29. The van der Waals surface area contributed by atoms with E-state index < -0.39 is 0 Å². The van der Waals surface area contributed by atoms with Crippen LogP contribution in [-0.2, 0) is 4.79 Å². The van der Waals surface area contributed by atoms with E-state index in [-0.39, 0.29) is 11.8 Å². The zero-order valence-electron chi connectivity index (χ0n) is 14.5. The van der Waals surface area contributed by atoms with Crippen LogP contribution < -0.4 is 9.80 Å². The number of halogens is 2. The SMILES string of the molecule is CN1C(=O)c2ccccc2N(C(=O)CCCCCBr)c2ccc(Cl)cc21. The van der Waals surface area contributed by atoms with Gasteiger partial charge in [0.25, 0.3) is 5.91 Å². The van der Waals surface area contributed by atoms with Crippen molar-refractivity contribution in [1.29, 1.82) is 0 Å². The number of para-hydroxylation sites is 1. The predicted molar refractivity (Wildman–Crippen MR) is 110 cm³/mol. The Hall–Kier alpha value is -1.85. The molecule has 0 saturated carbocycles. The molecule has 0 aromatic heterocycles. The standard InChI is InChI=1S/C20H20BrClN2O2/c1-23-18-13-14(22)10-11-17(18)24(19(25)9-3-2-6-12-21)16-8-5-4-7-15(16)20(23)26/h4-5,7-8,10-11,13H,2-3,6,9,12H2,1H3. The molecule has 0 atom stereocenters. The van der Waals surface area contributed by atoms with Crippen LogP contribution in [0.2, 0.25) is 5.02 Å². The van der Waals surface area contributed by atoms with Crippen LogP contribution in [-0.4, -0.2) is 24.2 Å². The summed E-state index contributed by atoms with van der Waals surface area (Å²) in [5, 5.41) is 1.47. The van der Waals surface area contributed by atoms with Gasteiger partial charge in [-0.05, 0) is 43.2 Å². The van der Waals surface area contributed by atoms with Crippen LogP contribution in [0.25, 0.3) is 0 Å². The van der Waals surface area contributed by atoms with Crippen molar-refractivity contribution in [2.24, 2.45) is 0 Å². The van der Waals surface area contributed by atoms with Crippen molar-refractivity contribution in [3.8, 4) is 0 Å². The van der Waals surface area contributed by atoms with Crippen molar-refractivity contribution < 1.29 is 9.59 Å². The first-order valence-corrected chi connectivity index (χ1v) is 10.1. The molecule has 1 aliphatic heterocycles. The van der Waals surface area contributed by atoms with Crippen molar-refractivity contribution >= 4 is 56.4 Å². The number of unbranched alkanes of at least 4 members (excludes halogenated alkanes) is 2. The van der Waals surface area contributed by atoms with E-state index in [9.17, 15) is 9.59 Å². The fraction of sp³-hybridized carbons (Fsp3) is 0.300. The van der Waals surface area contributed by atoms with Crippen molar-refractivity contribution in [1.82, 2.24) is 0 Å². The molecule has 2 aromatic rings. The lowest BCUT2D eigenvalue weighted by Gasteiger charge is -2.25. The number of hydrogen-bond donors (Lipinski definition) is 0. The summed E-state index contributed by atoms with van der Waals surface area (Å²) in [5.41, 5.74) is 2.44. The second-order valence-corrected chi connectivity index (χ2v) is 7.47. The Morgan fingerprint density at radius 3 is 2.58 bits per heavy atom. The van der Waals surface area contributed by atoms with Gasteiger partial charge in [-0.1, -0.05) is 46.1 Å². The lowest BCUT2D eigenvalue weighted by molar-refractivity contribution is -0.118. The van der Waals surface area contributed by atoms with Crippen LogP contribution in [0, 0.1) is 0 Å². The molecule has 0 bridgehead atoms. The van der Waals surface area contributed by atoms with Crippen LogP contribution in [0.4, 0.5) is 17.1 Å². The van der Waals surface area contributed by atoms with Crippen molar-refractivity contribution in [3.05, 3.63) is 53.1 Å². The molecule has 1 heterocycles. The minimum Gasteiger partial charge on any atom is -0.309 e. The van der Waals surface area contributed by atoms with Crippen LogP contribution >= 0.6 is 27.5 Å². The molecule has 0 unspecified atom stereocenters. The third-order valence-electron chi connectivity index (χ3n) is 4.49. The van der Waals surface area contributed by atoms with E-state index >= 15 is 0 Å². The summed E-state index contributed by atoms with van der Waals surface area (Å²) in [6.45, 7) is 0. The van der Waals surface area contributed by atoms with E-state index in [1.54, 1.807) is 41.1 Å². The van der Waals surface area contributed by atoms with Crippen molar-refractivity contribution in [2.75, 3.05) is 22.2 Å². The number of benzene rings is 2.